The molecular weight excluding hydrogens is 445 g/mol. The van der Waals surface area contributed by atoms with Gasteiger partial charge in [-0.25, -0.2) is 8.42 Å². The van der Waals surface area contributed by atoms with E-state index in [1.54, 1.807) is 18.2 Å². The Bertz CT molecular complexity index is 1010. The Kier molecular flexibility index (Phi) is 5.55. The zero-order valence-electron chi connectivity index (χ0n) is 14.8. The Morgan fingerprint density at radius 1 is 1.00 bits per heavy atom. The number of halogens is 3. The molecule has 0 saturated carbocycles. The topological polar surface area (TPSA) is 61.9 Å². The molecule has 150 valence electrons. The molecule has 0 atom stereocenters. The number of benzene rings is 2. The van der Waals surface area contributed by atoms with Crippen molar-refractivity contribution in [2.45, 2.75) is 4.90 Å². The number of piperazine rings is 1. The molecule has 2 heterocycles. The molecule has 0 radical (unpaired) electrons. The lowest BCUT2D eigenvalue weighted by Gasteiger charge is -2.36. The number of rotatable bonds is 3. The lowest BCUT2D eigenvalue weighted by atomic mass is 10.2. The van der Waals surface area contributed by atoms with Gasteiger partial charge in [-0.3, -0.25) is 4.31 Å². The molecule has 2 aromatic rings. The Labute approximate surface area is 179 Å². The minimum atomic E-state index is -3.95. The van der Waals surface area contributed by atoms with Crippen molar-refractivity contribution in [3.8, 4) is 5.75 Å². The molecule has 1 fully saturated rings. The van der Waals surface area contributed by atoms with Crippen molar-refractivity contribution in [2.24, 2.45) is 0 Å². The summed E-state index contributed by atoms with van der Waals surface area (Å²) >= 11 is 18.6. The van der Waals surface area contributed by atoms with E-state index in [0.29, 0.717) is 16.5 Å². The van der Waals surface area contributed by atoms with Crippen molar-refractivity contribution in [3.63, 3.8) is 0 Å². The van der Waals surface area contributed by atoms with Crippen LogP contribution < -0.4 is 19.3 Å². The number of fused-ring (bicyclic) bond motifs is 1. The summed E-state index contributed by atoms with van der Waals surface area (Å²) in [5, 5.41) is 3.92. The number of hydrogen-bond acceptors (Lipinski definition) is 5. The fraction of sp³-hybridized carbons (Fsp3) is 0.333. The van der Waals surface area contributed by atoms with Gasteiger partial charge in [-0.1, -0.05) is 40.9 Å². The molecule has 2 aliphatic rings. The summed E-state index contributed by atoms with van der Waals surface area (Å²) in [6.45, 7) is 3.61. The Balaban J connectivity index is 1.83. The van der Waals surface area contributed by atoms with Crippen LogP contribution in [0, 0.1) is 0 Å². The van der Waals surface area contributed by atoms with Gasteiger partial charge < -0.3 is 15.0 Å². The van der Waals surface area contributed by atoms with Crippen LogP contribution in [-0.2, 0) is 10.0 Å². The number of nitrogens with zero attached hydrogens (tertiary/aromatic N) is 2. The SMILES string of the molecule is O=S(=O)(c1cccc(Cl)c1Cl)N1CCOc2c(N3CCNCC3)cc(Cl)cc21. The minimum Gasteiger partial charge on any atom is -0.487 e. The van der Waals surface area contributed by atoms with Gasteiger partial charge in [-0.15, -0.1) is 0 Å². The summed E-state index contributed by atoms with van der Waals surface area (Å²) in [5.74, 6) is 0.513. The quantitative estimate of drug-likeness (QED) is 0.754. The molecule has 0 amide bonds. The highest BCUT2D eigenvalue weighted by Crippen LogP contribution is 2.45. The average molecular weight is 463 g/mol. The van der Waals surface area contributed by atoms with Crippen molar-refractivity contribution in [3.05, 3.63) is 45.4 Å². The van der Waals surface area contributed by atoms with E-state index in [0.717, 1.165) is 31.9 Å². The highest BCUT2D eigenvalue weighted by atomic mass is 35.5. The predicted molar refractivity (Wildman–Crippen MR) is 113 cm³/mol. The molecule has 1 N–H and O–H groups in total. The number of ether oxygens (including phenoxy) is 1. The van der Waals surface area contributed by atoms with Crippen LogP contribution in [0.4, 0.5) is 11.4 Å². The normalized spacial score (nSPS) is 17.2. The number of hydrogen-bond donors (Lipinski definition) is 1. The number of nitrogens with one attached hydrogen (secondary N) is 1. The highest BCUT2D eigenvalue weighted by Gasteiger charge is 2.34. The summed E-state index contributed by atoms with van der Waals surface area (Å²) in [5.41, 5.74) is 1.20. The number of anilines is 2. The Hall–Kier alpha value is -1.38. The molecule has 0 unspecified atom stereocenters. The maximum atomic E-state index is 13.4. The van der Waals surface area contributed by atoms with E-state index in [-0.39, 0.29) is 28.1 Å². The second-order valence-electron chi connectivity index (χ2n) is 6.49. The Morgan fingerprint density at radius 2 is 1.71 bits per heavy atom. The van der Waals surface area contributed by atoms with Gasteiger partial charge in [0, 0.05) is 31.2 Å². The standard InChI is InChI=1S/C18H18Cl3N3O3S/c19-12-10-14(23-6-4-22-5-7-23)18-15(11-12)24(8-9-27-18)28(25,26)16-3-1-2-13(20)17(16)21/h1-3,10-11,22H,4-9H2. The predicted octanol–water partition coefficient (Wildman–Crippen LogP) is 3.64. The molecule has 6 nitrogen and oxygen atoms in total. The average Bonchev–Trinajstić information content (AvgIpc) is 2.69. The molecular formula is C18H18Cl3N3O3S. The zero-order valence-corrected chi connectivity index (χ0v) is 17.9. The van der Waals surface area contributed by atoms with Crippen LogP contribution in [0.5, 0.6) is 5.75 Å². The van der Waals surface area contributed by atoms with Crippen molar-refractivity contribution in [1.29, 1.82) is 0 Å². The monoisotopic (exact) mass is 461 g/mol. The molecule has 0 aromatic heterocycles. The van der Waals surface area contributed by atoms with Crippen molar-refractivity contribution in [2.75, 3.05) is 48.5 Å². The van der Waals surface area contributed by atoms with E-state index in [9.17, 15) is 8.42 Å². The van der Waals surface area contributed by atoms with Gasteiger partial charge in [0.1, 0.15) is 11.5 Å². The zero-order chi connectivity index (χ0) is 19.9. The van der Waals surface area contributed by atoms with Crippen LogP contribution in [0.3, 0.4) is 0 Å². The molecule has 2 aliphatic heterocycles. The van der Waals surface area contributed by atoms with Gasteiger partial charge in [0.2, 0.25) is 0 Å². The van der Waals surface area contributed by atoms with Gasteiger partial charge >= 0.3 is 0 Å². The minimum absolute atomic E-state index is 0.00145. The number of sulfonamides is 1. The summed E-state index contributed by atoms with van der Waals surface area (Å²) < 4.78 is 33.9. The first-order valence-electron chi connectivity index (χ1n) is 8.78. The summed E-state index contributed by atoms with van der Waals surface area (Å²) in [4.78, 5) is 2.10. The molecule has 1 saturated heterocycles. The molecule has 0 spiro atoms. The molecule has 2 aromatic carbocycles. The van der Waals surface area contributed by atoms with E-state index < -0.39 is 10.0 Å². The first-order chi connectivity index (χ1) is 13.4. The van der Waals surface area contributed by atoms with Gasteiger partial charge in [-0.05, 0) is 24.3 Å². The third kappa shape index (κ3) is 3.50. The fourth-order valence-electron chi connectivity index (χ4n) is 3.44. The van der Waals surface area contributed by atoms with Crippen LogP contribution in [-0.4, -0.2) is 47.7 Å². The lowest BCUT2D eigenvalue weighted by Crippen LogP contribution is -2.44. The highest BCUT2D eigenvalue weighted by molar-refractivity contribution is 7.93. The van der Waals surface area contributed by atoms with Crippen molar-refractivity contribution < 1.29 is 13.2 Å². The molecule has 4 rings (SSSR count). The molecule has 0 bridgehead atoms. The summed E-state index contributed by atoms with van der Waals surface area (Å²) in [7, 11) is -3.95. The van der Waals surface area contributed by atoms with Crippen molar-refractivity contribution in [1.82, 2.24) is 5.32 Å². The van der Waals surface area contributed by atoms with Gasteiger partial charge in [-0.2, -0.15) is 0 Å². The fourth-order valence-corrected chi connectivity index (χ4v) is 5.83. The van der Waals surface area contributed by atoms with Crippen molar-refractivity contribution >= 4 is 56.2 Å². The lowest BCUT2D eigenvalue weighted by molar-refractivity contribution is 0.315. The van der Waals surface area contributed by atoms with Crippen LogP contribution in [0.2, 0.25) is 15.1 Å². The second kappa shape index (κ2) is 7.80. The van der Waals surface area contributed by atoms with Gasteiger partial charge in [0.15, 0.2) is 5.75 Å². The molecule has 28 heavy (non-hydrogen) atoms. The maximum Gasteiger partial charge on any atom is 0.266 e. The van der Waals surface area contributed by atoms with Crippen LogP contribution in [0.1, 0.15) is 0 Å². The maximum absolute atomic E-state index is 13.4. The third-order valence-electron chi connectivity index (χ3n) is 4.77. The van der Waals surface area contributed by atoms with E-state index in [1.807, 2.05) is 6.07 Å². The van der Waals surface area contributed by atoms with E-state index in [1.165, 1.54) is 10.4 Å². The van der Waals surface area contributed by atoms with Crippen LogP contribution in [0.25, 0.3) is 0 Å². The van der Waals surface area contributed by atoms with Crippen LogP contribution >= 0.6 is 34.8 Å². The third-order valence-corrected chi connectivity index (χ3v) is 7.77. The first kappa shape index (κ1) is 19.9. The van der Waals surface area contributed by atoms with Gasteiger partial charge in [0.05, 0.1) is 28.0 Å². The van der Waals surface area contributed by atoms with Crippen LogP contribution in [0.15, 0.2) is 35.2 Å². The molecule has 10 heteroatoms. The largest absolute Gasteiger partial charge is 0.487 e. The first-order valence-corrected chi connectivity index (χ1v) is 11.4. The summed E-state index contributed by atoms with van der Waals surface area (Å²) in [6, 6.07) is 7.98. The second-order valence-corrected chi connectivity index (χ2v) is 9.54. The van der Waals surface area contributed by atoms with E-state index in [2.05, 4.69) is 10.2 Å². The van der Waals surface area contributed by atoms with E-state index in [4.69, 9.17) is 39.5 Å². The summed E-state index contributed by atoms with van der Waals surface area (Å²) in [6.07, 6.45) is 0. The van der Waals surface area contributed by atoms with E-state index >= 15 is 0 Å². The smallest absolute Gasteiger partial charge is 0.266 e. The van der Waals surface area contributed by atoms with Gasteiger partial charge in [0.25, 0.3) is 10.0 Å². The Morgan fingerprint density at radius 3 is 2.46 bits per heavy atom. The molecule has 0 aliphatic carbocycles.